The van der Waals surface area contributed by atoms with Crippen LogP contribution in [0.3, 0.4) is 0 Å². The number of ether oxygens (including phenoxy) is 1. The fraction of sp³-hybridized carbons (Fsp3) is 0.389. The molecule has 1 aromatic carbocycles. The summed E-state index contributed by atoms with van der Waals surface area (Å²) in [6, 6.07) is 7.54. The van der Waals surface area contributed by atoms with Crippen LogP contribution in [0.4, 0.5) is 5.13 Å². The van der Waals surface area contributed by atoms with Crippen LogP contribution in [-0.4, -0.2) is 23.9 Å². The van der Waals surface area contributed by atoms with Crippen molar-refractivity contribution in [1.29, 1.82) is 0 Å². The van der Waals surface area contributed by atoms with Gasteiger partial charge in [-0.25, -0.2) is 4.98 Å². The Bertz CT molecular complexity index is 750. The lowest BCUT2D eigenvalue weighted by Crippen LogP contribution is -2.27. The van der Waals surface area contributed by atoms with Gasteiger partial charge in [0, 0.05) is 17.3 Å². The van der Waals surface area contributed by atoms with Gasteiger partial charge >= 0.3 is 0 Å². The number of rotatable bonds is 6. The average molecular weight is 361 g/mol. The second kappa shape index (κ2) is 8.11. The molecule has 2 aromatic rings. The van der Waals surface area contributed by atoms with E-state index < -0.39 is 5.41 Å². The summed E-state index contributed by atoms with van der Waals surface area (Å²) in [5, 5.41) is 7.92. The van der Waals surface area contributed by atoms with E-state index in [0.717, 1.165) is 11.3 Å². The quantitative estimate of drug-likeness (QED) is 0.829. The molecule has 134 valence electrons. The second-order valence-electron chi connectivity index (χ2n) is 6.65. The van der Waals surface area contributed by atoms with Crippen molar-refractivity contribution < 1.29 is 14.3 Å². The molecule has 0 saturated carbocycles. The fourth-order valence-electron chi connectivity index (χ4n) is 1.94. The third-order valence-corrected chi connectivity index (χ3v) is 4.23. The molecule has 0 spiro atoms. The molecule has 0 aliphatic carbocycles. The minimum absolute atomic E-state index is 0.101. The van der Waals surface area contributed by atoms with E-state index in [4.69, 9.17) is 4.74 Å². The van der Waals surface area contributed by atoms with Crippen molar-refractivity contribution in [2.24, 2.45) is 5.41 Å². The van der Waals surface area contributed by atoms with Crippen molar-refractivity contribution in [1.82, 2.24) is 10.3 Å². The van der Waals surface area contributed by atoms with Crippen molar-refractivity contribution >= 4 is 28.3 Å². The Morgan fingerprint density at radius 2 is 2.04 bits per heavy atom. The number of hydrogen-bond acceptors (Lipinski definition) is 5. The zero-order valence-electron chi connectivity index (χ0n) is 14.9. The highest BCUT2D eigenvalue weighted by Crippen LogP contribution is 2.20. The summed E-state index contributed by atoms with van der Waals surface area (Å²) < 4.78 is 5.16. The predicted molar refractivity (Wildman–Crippen MR) is 98.7 cm³/mol. The monoisotopic (exact) mass is 361 g/mol. The SMILES string of the molecule is COc1cccc(CNC(=O)Cc2csc(NC(=O)C(C)(C)C)n2)c1. The number of amides is 2. The van der Waals surface area contributed by atoms with Crippen LogP contribution in [0, 0.1) is 5.41 Å². The Morgan fingerprint density at radius 1 is 1.28 bits per heavy atom. The molecular formula is C18H23N3O3S. The number of anilines is 1. The van der Waals surface area contributed by atoms with E-state index >= 15 is 0 Å². The van der Waals surface area contributed by atoms with Gasteiger partial charge in [0.1, 0.15) is 5.75 Å². The zero-order valence-corrected chi connectivity index (χ0v) is 15.7. The summed E-state index contributed by atoms with van der Waals surface area (Å²) in [5.74, 6) is 0.531. The minimum atomic E-state index is -0.486. The van der Waals surface area contributed by atoms with Crippen LogP contribution in [-0.2, 0) is 22.6 Å². The van der Waals surface area contributed by atoms with Crippen LogP contribution in [0.15, 0.2) is 29.6 Å². The second-order valence-corrected chi connectivity index (χ2v) is 7.51. The molecule has 0 atom stereocenters. The van der Waals surface area contributed by atoms with Gasteiger partial charge < -0.3 is 15.4 Å². The Morgan fingerprint density at radius 3 is 2.72 bits per heavy atom. The lowest BCUT2D eigenvalue weighted by Gasteiger charge is -2.15. The molecule has 0 bridgehead atoms. The standard InChI is InChI=1S/C18H23N3O3S/c1-18(2,3)16(23)21-17-20-13(11-25-17)9-15(22)19-10-12-6-5-7-14(8-12)24-4/h5-8,11H,9-10H2,1-4H3,(H,19,22)(H,20,21,23). The van der Waals surface area contributed by atoms with E-state index in [1.165, 1.54) is 11.3 Å². The summed E-state index contributed by atoms with van der Waals surface area (Å²) in [6.07, 6.45) is 0.172. The largest absolute Gasteiger partial charge is 0.497 e. The van der Waals surface area contributed by atoms with E-state index in [1.54, 1.807) is 12.5 Å². The molecule has 25 heavy (non-hydrogen) atoms. The molecule has 1 aromatic heterocycles. The molecule has 1 heterocycles. The summed E-state index contributed by atoms with van der Waals surface area (Å²) >= 11 is 1.32. The van der Waals surface area contributed by atoms with Crippen LogP contribution in [0.2, 0.25) is 0 Å². The topological polar surface area (TPSA) is 80.3 Å². The molecule has 0 aliphatic heterocycles. The van der Waals surface area contributed by atoms with Gasteiger partial charge in [-0.3, -0.25) is 9.59 Å². The van der Waals surface area contributed by atoms with E-state index in [9.17, 15) is 9.59 Å². The summed E-state index contributed by atoms with van der Waals surface area (Å²) in [6.45, 7) is 5.93. The van der Waals surface area contributed by atoms with Crippen molar-refractivity contribution in [2.45, 2.75) is 33.7 Å². The van der Waals surface area contributed by atoms with Crippen LogP contribution in [0.5, 0.6) is 5.75 Å². The van der Waals surface area contributed by atoms with E-state index in [0.29, 0.717) is 17.4 Å². The maximum absolute atomic E-state index is 12.1. The number of aromatic nitrogens is 1. The molecule has 0 unspecified atom stereocenters. The Kier molecular flexibility index (Phi) is 6.14. The molecule has 2 amide bonds. The van der Waals surface area contributed by atoms with E-state index in [1.807, 2.05) is 45.0 Å². The lowest BCUT2D eigenvalue weighted by atomic mass is 9.96. The van der Waals surface area contributed by atoms with Gasteiger partial charge in [0.05, 0.1) is 19.2 Å². The first kappa shape index (κ1) is 18.9. The molecule has 7 heteroatoms. The van der Waals surface area contributed by atoms with Crippen molar-refractivity contribution in [3.8, 4) is 5.75 Å². The van der Waals surface area contributed by atoms with Crippen LogP contribution < -0.4 is 15.4 Å². The molecular weight excluding hydrogens is 338 g/mol. The zero-order chi connectivity index (χ0) is 18.4. The summed E-state index contributed by atoms with van der Waals surface area (Å²) in [7, 11) is 1.61. The smallest absolute Gasteiger partial charge is 0.231 e. The number of thiazole rings is 1. The van der Waals surface area contributed by atoms with Crippen molar-refractivity contribution in [3.05, 3.63) is 40.9 Å². The molecule has 2 N–H and O–H groups in total. The Balaban J connectivity index is 1.85. The highest BCUT2D eigenvalue weighted by molar-refractivity contribution is 7.13. The molecule has 0 aliphatic rings. The van der Waals surface area contributed by atoms with Gasteiger partial charge in [0.15, 0.2) is 5.13 Å². The minimum Gasteiger partial charge on any atom is -0.497 e. The Labute approximate surface area is 151 Å². The third-order valence-electron chi connectivity index (χ3n) is 3.42. The lowest BCUT2D eigenvalue weighted by molar-refractivity contribution is -0.123. The maximum atomic E-state index is 12.1. The van der Waals surface area contributed by atoms with E-state index in [2.05, 4.69) is 15.6 Å². The predicted octanol–water partition coefficient (Wildman–Crippen LogP) is 3.00. The van der Waals surface area contributed by atoms with Gasteiger partial charge in [-0.1, -0.05) is 32.9 Å². The van der Waals surface area contributed by atoms with E-state index in [-0.39, 0.29) is 18.2 Å². The molecule has 2 rings (SSSR count). The first-order chi connectivity index (χ1) is 11.8. The first-order valence-corrected chi connectivity index (χ1v) is 8.81. The van der Waals surface area contributed by atoms with Crippen molar-refractivity contribution in [3.63, 3.8) is 0 Å². The number of benzene rings is 1. The number of methoxy groups -OCH3 is 1. The number of nitrogens with zero attached hydrogens (tertiary/aromatic N) is 1. The third kappa shape index (κ3) is 5.86. The molecule has 0 fully saturated rings. The fourth-order valence-corrected chi connectivity index (χ4v) is 2.65. The number of hydrogen-bond donors (Lipinski definition) is 2. The van der Waals surface area contributed by atoms with Gasteiger partial charge in [-0.2, -0.15) is 0 Å². The normalized spacial score (nSPS) is 11.0. The van der Waals surface area contributed by atoms with Gasteiger partial charge in [0.25, 0.3) is 0 Å². The summed E-state index contributed by atoms with van der Waals surface area (Å²) in [4.78, 5) is 28.3. The van der Waals surface area contributed by atoms with Gasteiger partial charge in [0.2, 0.25) is 11.8 Å². The Hall–Kier alpha value is -2.41. The maximum Gasteiger partial charge on any atom is 0.231 e. The van der Waals surface area contributed by atoms with Crippen LogP contribution in [0.25, 0.3) is 0 Å². The first-order valence-electron chi connectivity index (χ1n) is 7.93. The van der Waals surface area contributed by atoms with Crippen LogP contribution in [0.1, 0.15) is 32.0 Å². The highest BCUT2D eigenvalue weighted by Gasteiger charge is 2.22. The average Bonchev–Trinajstić information content (AvgIpc) is 2.99. The molecule has 6 nitrogen and oxygen atoms in total. The van der Waals surface area contributed by atoms with Crippen molar-refractivity contribution in [2.75, 3.05) is 12.4 Å². The number of carbonyl (C=O) groups is 2. The summed E-state index contributed by atoms with van der Waals surface area (Å²) in [5.41, 5.74) is 1.11. The number of nitrogens with one attached hydrogen (secondary N) is 2. The van der Waals surface area contributed by atoms with Gasteiger partial charge in [-0.05, 0) is 17.7 Å². The molecule has 0 radical (unpaired) electrons. The molecule has 0 saturated heterocycles. The van der Waals surface area contributed by atoms with Crippen LogP contribution >= 0.6 is 11.3 Å². The number of carbonyl (C=O) groups excluding carboxylic acids is 2. The highest BCUT2D eigenvalue weighted by atomic mass is 32.1. The van der Waals surface area contributed by atoms with Gasteiger partial charge in [-0.15, -0.1) is 11.3 Å².